The van der Waals surface area contributed by atoms with Crippen molar-refractivity contribution in [2.24, 2.45) is 7.05 Å². The maximum Gasteiger partial charge on any atom is 0.271 e. The molecule has 1 aromatic carbocycles. The first-order valence-electron chi connectivity index (χ1n) is 8.56. The lowest BCUT2D eigenvalue weighted by atomic mass is 10.2. The van der Waals surface area contributed by atoms with Gasteiger partial charge in [-0.1, -0.05) is 30.3 Å². The summed E-state index contributed by atoms with van der Waals surface area (Å²) >= 11 is 0. The van der Waals surface area contributed by atoms with Crippen LogP contribution < -0.4 is 10.9 Å². The van der Waals surface area contributed by atoms with Crippen molar-refractivity contribution in [2.75, 3.05) is 6.54 Å². The molecular weight excluding hydrogens is 328 g/mol. The van der Waals surface area contributed by atoms with E-state index in [0.717, 1.165) is 11.1 Å². The number of carbonyl (C=O) groups excluding carboxylic acids is 1. The molecule has 2 aromatic heterocycles. The number of hydrogen-bond acceptors (Lipinski definition) is 3. The Morgan fingerprint density at radius 2 is 1.92 bits per heavy atom. The molecule has 0 unspecified atom stereocenters. The van der Waals surface area contributed by atoms with Gasteiger partial charge >= 0.3 is 0 Å². The number of amides is 1. The maximum atomic E-state index is 12.2. The number of hydrogen-bond donors (Lipinski definition) is 1. The van der Waals surface area contributed by atoms with Gasteiger partial charge in [0.15, 0.2) is 0 Å². The minimum absolute atomic E-state index is 0.0427. The zero-order chi connectivity index (χ0) is 18.7. The summed E-state index contributed by atoms with van der Waals surface area (Å²) in [5, 5.41) is 2.78. The summed E-state index contributed by atoms with van der Waals surface area (Å²) in [6.45, 7) is 4.78. The summed E-state index contributed by atoms with van der Waals surface area (Å²) < 4.78 is 3.48. The minimum atomic E-state index is -0.206. The van der Waals surface area contributed by atoms with Gasteiger partial charge in [-0.05, 0) is 25.5 Å². The Hall–Kier alpha value is -3.15. The number of aryl methyl sites for hydroxylation is 2. The molecule has 0 radical (unpaired) electrons. The van der Waals surface area contributed by atoms with Crippen LogP contribution in [-0.4, -0.2) is 26.6 Å². The van der Waals surface area contributed by atoms with Gasteiger partial charge in [-0.3, -0.25) is 9.59 Å². The van der Waals surface area contributed by atoms with Crippen molar-refractivity contribution in [1.82, 2.24) is 19.4 Å². The first kappa shape index (κ1) is 17.7. The number of benzene rings is 1. The quantitative estimate of drug-likeness (QED) is 0.768. The molecule has 1 amide bonds. The SMILES string of the molecule is CCNC(=O)c1cn(Cc2ccccc2)c(-c2cc(C)c(=O)n(C)c2)n1. The number of imidazole rings is 1. The molecule has 0 saturated heterocycles. The second-order valence-electron chi connectivity index (χ2n) is 6.25. The summed E-state index contributed by atoms with van der Waals surface area (Å²) in [5.74, 6) is 0.455. The largest absolute Gasteiger partial charge is 0.351 e. The van der Waals surface area contributed by atoms with Crippen molar-refractivity contribution >= 4 is 5.91 Å². The molecule has 3 rings (SSSR count). The second-order valence-corrected chi connectivity index (χ2v) is 6.25. The zero-order valence-corrected chi connectivity index (χ0v) is 15.2. The Morgan fingerprint density at radius 1 is 1.19 bits per heavy atom. The van der Waals surface area contributed by atoms with Gasteiger partial charge in [-0.15, -0.1) is 0 Å². The van der Waals surface area contributed by atoms with Crippen LogP contribution in [0.5, 0.6) is 0 Å². The van der Waals surface area contributed by atoms with E-state index >= 15 is 0 Å². The fourth-order valence-corrected chi connectivity index (χ4v) is 2.91. The number of nitrogens with one attached hydrogen (secondary N) is 1. The highest BCUT2D eigenvalue weighted by atomic mass is 16.2. The first-order chi connectivity index (χ1) is 12.5. The molecule has 0 bridgehead atoms. The zero-order valence-electron chi connectivity index (χ0n) is 15.2. The highest BCUT2D eigenvalue weighted by Crippen LogP contribution is 2.20. The van der Waals surface area contributed by atoms with Gasteiger partial charge in [0, 0.05) is 43.7 Å². The molecule has 26 heavy (non-hydrogen) atoms. The molecule has 0 saturated carbocycles. The molecule has 1 N–H and O–H groups in total. The van der Waals surface area contributed by atoms with Gasteiger partial charge in [0.1, 0.15) is 11.5 Å². The molecule has 0 aliphatic heterocycles. The monoisotopic (exact) mass is 350 g/mol. The number of carbonyl (C=O) groups is 1. The molecule has 0 aliphatic carbocycles. The van der Waals surface area contributed by atoms with E-state index < -0.39 is 0 Å². The average molecular weight is 350 g/mol. The van der Waals surface area contributed by atoms with Crippen LogP contribution in [0.1, 0.15) is 28.5 Å². The lowest BCUT2D eigenvalue weighted by molar-refractivity contribution is 0.0951. The molecule has 6 heteroatoms. The Bertz CT molecular complexity index is 961. The van der Waals surface area contributed by atoms with Crippen LogP contribution in [0.4, 0.5) is 0 Å². The van der Waals surface area contributed by atoms with Crippen molar-refractivity contribution in [3.63, 3.8) is 0 Å². The van der Waals surface area contributed by atoms with E-state index in [1.54, 1.807) is 26.4 Å². The van der Waals surface area contributed by atoms with Crippen molar-refractivity contribution < 1.29 is 4.79 Å². The third kappa shape index (κ3) is 3.59. The van der Waals surface area contributed by atoms with Crippen LogP contribution in [0.25, 0.3) is 11.4 Å². The molecule has 0 aliphatic rings. The van der Waals surface area contributed by atoms with Gasteiger partial charge in [0.05, 0.1) is 0 Å². The summed E-state index contributed by atoms with van der Waals surface area (Å²) in [4.78, 5) is 28.8. The third-order valence-electron chi connectivity index (χ3n) is 4.16. The Morgan fingerprint density at radius 3 is 2.58 bits per heavy atom. The third-order valence-corrected chi connectivity index (χ3v) is 4.16. The molecular formula is C20H22N4O2. The second kappa shape index (κ2) is 7.39. The van der Waals surface area contributed by atoms with E-state index in [4.69, 9.17) is 0 Å². The van der Waals surface area contributed by atoms with Crippen LogP contribution in [0.15, 0.2) is 53.6 Å². The van der Waals surface area contributed by atoms with E-state index in [0.29, 0.717) is 30.2 Å². The van der Waals surface area contributed by atoms with Crippen LogP contribution in [0.3, 0.4) is 0 Å². The average Bonchev–Trinajstić information content (AvgIpc) is 3.04. The van der Waals surface area contributed by atoms with Crippen LogP contribution in [0, 0.1) is 6.92 Å². The number of pyridine rings is 1. The first-order valence-corrected chi connectivity index (χ1v) is 8.56. The van der Waals surface area contributed by atoms with Crippen LogP contribution in [-0.2, 0) is 13.6 Å². The standard InChI is InChI=1S/C20H22N4O2/c1-4-21-19(25)17-13-24(11-15-8-6-5-7-9-15)18(22-17)16-10-14(2)20(26)23(3)12-16/h5-10,12-13H,4,11H2,1-3H3,(H,21,25). The van der Waals surface area contributed by atoms with Crippen LogP contribution >= 0.6 is 0 Å². The lowest BCUT2D eigenvalue weighted by Gasteiger charge is -2.10. The molecule has 3 aromatic rings. The molecule has 0 spiro atoms. The van der Waals surface area contributed by atoms with Crippen molar-refractivity contribution in [3.8, 4) is 11.4 Å². The summed E-state index contributed by atoms with van der Waals surface area (Å²) in [7, 11) is 1.72. The molecule has 2 heterocycles. The Balaban J connectivity index is 2.10. The Kier molecular flexibility index (Phi) is 5.02. The van der Waals surface area contributed by atoms with E-state index in [-0.39, 0.29) is 11.5 Å². The lowest BCUT2D eigenvalue weighted by Crippen LogP contribution is -2.23. The molecule has 134 valence electrons. The topological polar surface area (TPSA) is 68.9 Å². The van der Waals surface area contributed by atoms with Crippen molar-refractivity contribution in [2.45, 2.75) is 20.4 Å². The summed E-state index contributed by atoms with van der Waals surface area (Å²) in [6.07, 6.45) is 3.51. The highest BCUT2D eigenvalue weighted by molar-refractivity contribution is 5.92. The number of nitrogens with zero attached hydrogens (tertiary/aromatic N) is 3. The van der Waals surface area contributed by atoms with E-state index in [9.17, 15) is 9.59 Å². The molecule has 0 atom stereocenters. The van der Waals surface area contributed by atoms with Crippen molar-refractivity contribution in [3.05, 3.63) is 76.0 Å². The van der Waals surface area contributed by atoms with E-state index in [1.165, 1.54) is 4.57 Å². The van der Waals surface area contributed by atoms with Gasteiger partial charge in [0.2, 0.25) is 0 Å². The van der Waals surface area contributed by atoms with Gasteiger partial charge in [0.25, 0.3) is 11.5 Å². The van der Waals surface area contributed by atoms with Gasteiger partial charge in [-0.25, -0.2) is 4.98 Å². The number of rotatable bonds is 5. The van der Waals surface area contributed by atoms with Gasteiger partial charge in [-0.2, -0.15) is 0 Å². The Labute approximate surface area is 152 Å². The smallest absolute Gasteiger partial charge is 0.271 e. The minimum Gasteiger partial charge on any atom is -0.351 e. The predicted molar refractivity (Wildman–Crippen MR) is 101 cm³/mol. The van der Waals surface area contributed by atoms with Crippen molar-refractivity contribution in [1.29, 1.82) is 0 Å². The molecule has 0 fully saturated rings. The fourth-order valence-electron chi connectivity index (χ4n) is 2.91. The van der Waals surface area contributed by atoms with Gasteiger partial charge < -0.3 is 14.5 Å². The predicted octanol–water partition coefficient (Wildman–Crippen LogP) is 2.36. The normalized spacial score (nSPS) is 10.7. The number of aromatic nitrogens is 3. The van der Waals surface area contributed by atoms with E-state index in [1.807, 2.05) is 47.9 Å². The summed E-state index contributed by atoms with van der Waals surface area (Å²) in [5.41, 5.74) is 2.87. The van der Waals surface area contributed by atoms with E-state index in [2.05, 4.69) is 10.3 Å². The maximum absolute atomic E-state index is 12.2. The van der Waals surface area contributed by atoms with Crippen LogP contribution in [0.2, 0.25) is 0 Å². The summed E-state index contributed by atoms with van der Waals surface area (Å²) in [6, 6.07) is 11.8. The molecule has 6 nitrogen and oxygen atoms in total. The fraction of sp³-hybridized carbons (Fsp3) is 0.250. The highest BCUT2D eigenvalue weighted by Gasteiger charge is 2.16.